The van der Waals surface area contributed by atoms with Crippen LogP contribution >= 0.6 is 0 Å². The van der Waals surface area contributed by atoms with Gasteiger partial charge in [-0.25, -0.2) is 13.8 Å². The summed E-state index contributed by atoms with van der Waals surface area (Å²) < 4.78 is 28.8. The zero-order chi connectivity index (χ0) is 13.1. The molecule has 0 atom stereocenters. The van der Waals surface area contributed by atoms with Gasteiger partial charge in [-0.3, -0.25) is 0 Å². The Morgan fingerprint density at radius 1 is 1.28 bits per heavy atom. The van der Waals surface area contributed by atoms with E-state index in [1.807, 2.05) is 4.57 Å². The third-order valence-corrected chi connectivity index (χ3v) is 2.48. The topological polar surface area (TPSA) is 29.9 Å². The fourth-order valence-corrected chi connectivity index (χ4v) is 1.70. The fraction of sp³-hybridized carbons (Fsp3) is 0.308. The molecule has 0 bridgehead atoms. The van der Waals surface area contributed by atoms with E-state index >= 15 is 0 Å². The zero-order valence-corrected chi connectivity index (χ0v) is 10.3. The van der Waals surface area contributed by atoms with E-state index in [4.69, 9.17) is 0 Å². The summed E-state index contributed by atoms with van der Waals surface area (Å²) in [4.78, 5) is 4.07. The van der Waals surface area contributed by atoms with Crippen molar-refractivity contribution in [2.45, 2.75) is 20.4 Å². The molecule has 0 aliphatic heterocycles. The lowest BCUT2D eigenvalue weighted by molar-refractivity contribution is 0.526. The van der Waals surface area contributed by atoms with Crippen LogP contribution in [0.4, 0.5) is 20.4 Å². The molecule has 1 aromatic heterocycles. The van der Waals surface area contributed by atoms with E-state index in [9.17, 15) is 8.78 Å². The van der Waals surface area contributed by atoms with E-state index < -0.39 is 11.6 Å². The first kappa shape index (κ1) is 12.5. The third-order valence-electron chi connectivity index (χ3n) is 2.48. The Morgan fingerprint density at radius 2 is 1.94 bits per heavy atom. The molecule has 1 aromatic carbocycles. The second-order valence-corrected chi connectivity index (χ2v) is 4.52. The molecule has 2 aromatic rings. The van der Waals surface area contributed by atoms with Crippen molar-refractivity contribution in [3.63, 3.8) is 0 Å². The highest BCUT2D eigenvalue weighted by Crippen LogP contribution is 2.22. The van der Waals surface area contributed by atoms with E-state index in [2.05, 4.69) is 24.1 Å². The van der Waals surface area contributed by atoms with Gasteiger partial charge in [-0.05, 0) is 18.1 Å². The lowest BCUT2D eigenvalue weighted by Gasteiger charge is -2.12. The average Bonchev–Trinajstić information content (AvgIpc) is 2.70. The number of rotatable bonds is 4. The molecule has 18 heavy (non-hydrogen) atoms. The van der Waals surface area contributed by atoms with Gasteiger partial charge in [-0.15, -0.1) is 0 Å². The summed E-state index contributed by atoms with van der Waals surface area (Å²) in [7, 11) is 0. The Labute approximate surface area is 104 Å². The van der Waals surface area contributed by atoms with E-state index in [1.165, 1.54) is 18.2 Å². The van der Waals surface area contributed by atoms with Crippen LogP contribution in [0.3, 0.4) is 0 Å². The van der Waals surface area contributed by atoms with Crippen molar-refractivity contribution < 1.29 is 8.78 Å². The molecular weight excluding hydrogens is 236 g/mol. The molecule has 0 fully saturated rings. The summed E-state index contributed by atoms with van der Waals surface area (Å²) in [5.41, 5.74) is -0.172. The average molecular weight is 251 g/mol. The van der Waals surface area contributed by atoms with Gasteiger partial charge in [0.15, 0.2) is 0 Å². The maximum Gasteiger partial charge on any atom is 0.207 e. The summed E-state index contributed by atoms with van der Waals surface area (Å²) in [5, 5.41) is 2.70. The number of anilines is 2. The highest BCUT2D eigenvalue weighted by Gasteiger charge is 2.11. The molecule has 0 aliphatic rings. The second-order valence-electron chi connectivity index (χ2n) is 4.52. The van der Waals surface area contributed by atoms with Crippen LogP contribution in [0.25, 0.3) is 0 Å². The molecule has 0 spiro atoms. The van der Waals surface area contributed by atoms with Gasteiger partial charge in [-0.2, -0.15) is 0 Å². The lowest BCUT2D eigenvalue weighted by Crippen LogP contribution is -2.08. The number of halogens is 2. The van der Waals surface area contributed by atoms with Crippen molar-refractivity contribution in [1.82, 2.24) is 9.55 Å². The van der Waals surface area contributed by atoms with E-state index in [0.29, 0.717) is 11.9 Å². The molecule has 1 N–H and O–H groups in total. The minimum absolute atomic E-state index is 0.172. The number of nitrogens with one attached hydrogen (secondary N) is 1. The van der Waals surface area contributed by atoms with Crippen LogP contribution in [0.15, 0.2) is 30.6 Å². The number of nitrogens with zero attached hydrogens (tertiary/aromatic N) is 2. The van der Waals surface area contributed by atoms with Crippen molar-refractivity contribution in [2.24, 2.45) is 5.92 Å². The first-order chi connectivity index (χ1) is 8.58. The van der Waals surface area contributed by atoms with Gasteiger partial charge < -0.3 is 9.88 Å². The molecule has 3 nitrogen and oxygen atoms in total. The fourth-order valence-electron chi connectivity index (χ4n) is 1.70. The molecule has 2 rings (SSSR count). The normalized spacial score (nSPS) is 10.9. The third kappa shape index (κ3) is 2.67. The minimum atomic E-state index is -0.630. The number of imidazole rings is 1. The molecule has 96 valence electrons. The molecule has 0 saturated heterocycles. The predicted molar refractivity (Wildman–Crippen MR) is 66.7 cm³/mol. The molecule has 0 aliphatic carbocycles. The molecular formula is C13H15F2N3. The molecule has 0 amide bonds. The summed E-state index contributed by atoms with van der Waals surface area (Å²) in [6.45, 7) is 4.86. The number of benzene rings is 1. The Hall–Kier alpha value is -1.91. The van der Waals surface area contributed by atoms with Gasteiger partial charge in [0.2, 0.25) is 5.95 Å². The van der Waals surface area contributed by atoms with Gasteiger partial charge in [0, 0.05) is 18.9 Å². The van der Waals surface area contributed by atoms with Gasteiger partial charge in [0.1, 0.15) is 17.3 Å². The summed E-state index contributed by atoms with van der Waals surface area (Å²) in [5.74, 6) is -0.402. The quantitative estimate of drug-likeness (QED) is 0.900. The van der Waals surface area contributed by atoms with Gasteiger partial charge >= 0.3 is 0 Å². The molecule has 0 unspecified atom stereocenters. The Bertz CT molecular complexity index is 515. The number of hydrogen-bond donors (Lipinski definition) is 1. The van der Waals surface area contributed by atoms with Crippen LogP contribution in [0.5, 0.6) is 0 Å². The van der Waals surface area contributed by atoms with Crippen molar-refractivity contribution in [3.05, 3.63) is 42.2 Å². The highest BCUT2D eigenvalue weighted by molar-refractivity contribution is 5.55. The van der Waals surface area contributed by atoms with E-state index in [1.54, 1.807) is 12.4 Å². The van der Waals surface area contributed by atoms with Crippen molar-refractivity contribution >= 4 is 11.6 Å². The summed E-state index contributed by atoms with van der Waals surface area (Å²) >= 11 is 0. The SMILES string of the molecule is CC(C)Cn1ccnc1Nc1c(F)cccc1F. The molecule has 5 heteroatoms. The first-order valence-electron chi connectivity index (χ1n) is 5.80. The Kier molecular flexibility index (Phi) is 3.60. The van der Waals surface area contributed by atoms with Crippen molar-refractivity contribution in [1.29, 1.82) is 0 Å². The van der Waals surface area contributed by atoms with Crippen LogP contribution in [0, 0.1) is 17.6 Å². The van der Waals surface area contributed by atoms with Gasteiger partial charge in [0.05, 0.1) is 0 Å². The van der Waals surface area contributed by atoms with Crippen LogP contribution in [0.2, 0.25) is 0 Å². The maximum atomic E-state index is 13.5. The first-order valence-corrected chi connectivity index (χ1v) is 5.80. The van der Waals surface area contributed by atoms with E-state index in [0.717, 1.165) is 6.54 Å². The zero-order valence-electron chi connectivity index (χ0n) is 10.3. The molecule has 0 saturated carbocycles. The largest absolute Gasteiger partial charge is 0.321 e. The number of para-hydroxylation sites is 1. The Morgan fingerprint density at radius 3 is 2.56 bits per heavy atom. The van der Waals surface area contributed by atoms with Crippen molar-refractivity contribution in [3.8, 4) is 0 Å². The predicted octanol–water partition coefficient (Wildman–Crippen LogP) is 3.56. The van der Waals surface area contributed by atoms with E-state index in [-0.39, 0.29) is 5.69 Å². The van der Waals surface area contributed by atoms with Gasteiger partial charge in [0.25, 0.3) is 0 Å². The van der Waals surface area contributed by atoms with Crippen LogP contribution < -0.4 is 5.32 Å². The van der Waals surface area contributed by atoms with Crippen LogP contribution in [-0.4, -0.2) is 9.55 Å². The lowest BCUT2D eigenvalue weighted by atomic mass is 10.2. The second kappa shape index (κ2) is 5.16. The monoisotopic (exact) mass is 251 g/mol. The minimum Gasteiger partial charge on any atom is -0.321 e. The van der Waals surface area contributed by atoms with Crippen LogP contribution in [-0.2, 0) is 6.54 Å². The summed E-state index contributed by atoms with van der Waals surface area (Å²) in [6, 6.07) is 3.75. The summed E-state index contributed by atoms with van der Waals surface area (Å²) in [6.07, 6.45) is 3.38. The standard InChI is InChI=1S/C13H15F2N3/c1-9(2)8-18-7-6-16-13(18)17-12-10(14)4-3-5-11(12)15/h3-7,9H,8H2,1-2H3,(H,16,17). The molecule has 1 heterocycles. The van der Waals surface area contributed by atoms with Crippen molar-refractivity contribution in [2.75, 3.05) is 5.32 Å². The maximum absolute atomic E-state index is 13.5. The molecule has 0 radical (unpaired) electrons. The number of aromatic nitrogens is 2. The number of hydrogen-bond acceptors (Lipinski definition) is 2. The van der Waals surface area contributed by atoms with Crippen LogP contribution in [0.1, 0.15) is 13.8 Å². The smallest absolute Gasteiger partial charge is 0.207 e. The Balaban J connectivity index is 2.26. The van der Waals surface area contributed by atoms with Gasteiger partial charge in [-0.1, -0.05) is 19.9 Å². The highest BCUT2D eigenvalue weighted by atomic mass is 19.1.